The largest absolute Gasteiger partial charge is 0.494 e. The van der Waals surface area contributed by atoms with Gasteiger partial charge in [0.15, 0.2) is 0 Å². The summed E-state index contributed by atoms with van der Waals surface area (Å²) in [5.74, 6) is 2.37. The summed E-state index contributed by atoms with van der Waals surface area (Å²) >= 11 is 0. The molecule has 2 N–H and O–H groups in total. The van der Waals surface area contributed by atoms with E-state index in [1.807, 2.05) is 37.3 Å². The fraction of sp³-hybridized carbons (Fsp3) is 0.429. The summed E-state index contributed by atoms with van der Waals surface area (Å²) in [5, 5.41) is 6.38. The highest BCUT2D eigenvalue weighted by atomic mass is 16.5. The van der Waals surface area contributed by atoms with Crippen LogP contribution < -0.4 is 25.2 Å². The number of anilines is 5. The number of nitrogens with zero attached hydrogens (tertiary/aromatic N) is 5. The Labute approximate surface area is 218 Å². The highest BCUT2D eigenvalue weighted by Gasteiger charge is 2.21. The van der Waals surface area contributed by atoms with Gasteiger partial charge in [-0.2, -0.15) is 15.0 Å². The minimum Gasteiger partial charge on any atom is -0.494 e. The van der Waals surface area contributed by atoms with Crippen molar-refractivity contribution in [3.8, 4) is 5.75 Å². The van der Waals surface area contributed by atoms with Crippen LogP contribution in [0.5, 0.6) is 5.75 Å². The fourth-order valence-electron chi connectivity index (χ4n) is 4.87. The normalized spacial score (nSPS) is 15.8. The Hall–Kier alpha value is -3.88. The van der Waals surface area contributed by atoms with Gasteiger partial charge in [-0.3, -0.25) is 4.79 Å². The van der Waals surface area contributed by atoms with E-state index < -0.39 is 0 Å². The van der Waals surface area contributed by atoms with E-state index in [-0.39, 0.29) is 5.91 Å². The van der Waals surface area contributed by atoms with Crippen LogP contribution in [-0.2, 0) is 0 Å². The summed E-state index contributed by atoms with van der Waals surface area (Å²) in [7, 11) is 1.62. The lowest BCUT2D eigenvalue weighted by Gasteiger charge is -2.30. The van der Waals surface area contributed by atoms with Crippen molar-refractivity contribution in [2.45, 2.75) is 45.4 Å². The lowest BCUT2D eigenvalue weighted by Crippen LogP contribution is -2.34. The number of carbonyl (C=O) groups is 1. The summed E-state index contributed by atoms with van der Waals surface area (Å²) in [6.07, 6.45) is 7.09. The fourth-order valence-corrected chi connectivity index (χ4v) is 4.87. The monoisotopic (exact) mass is 501 g/mol. The molecule has 0 atom stereocenters. The topological polar surface area (TPSA) is 95.5 Å². The summed E-state index contributed by atoms with van der Waals surface area (Å²) in [4.78, 5) is 31.7. The SMILES string of the molecule is COc1cc(NC(=O)c2ccccc2)c(C)cc1Nc1nc(N2CCCCC2)nc(N2CCCCC2)n1. The van der Waals surface area contributed by atoms with Crippen LogP contribution in [-0.4, -0.2) is 54.1 Å². The number of nitrogens with one attached hydrogen (secondary N) is 2. The third-order valence-corrected chi connectivity index (χ3v) is 6.97. The second-order valence-corrected chi connectivity index (χ2v) is 9.67. The number of methoxy groups -OCH3 is 1. The molecule has 1 aromatic heterocycles. The predicted molar refractivity (Wildman–Crippen MR) is 147 cm³/mol. The Morgan fingerprint density at radius 2 is 1.41 bits per heavy atom. The van der Waals surface area contributed by atoms with E-state index >= 15 is 0 Å². The third-order valence-electron chi connectivity index (χ3n) is 6.97. The second-order valence-electron chi connectivity index (χ2n) is 9.67. The molecule has 9 nitrogen and oxygen atoms in total. The molecule has 2 aromatic carbocycles. The minimum atomic E-state index is -0.165. The number of hydrogen-bond donors (Lipinski definition) is 2. The average molecular weight is 502 g/mol. The molecule has 2 fully saturated rings. The molecular formula is C28H35N7O2. The highest BCUT2D eigenvalue weighted by Crippen LogP contribution is 2.34. The van der Waals surface area contributed by atoms with E-state index in [9.17, 15) is 4.79 Å². The van der Waals surface area contributed by atoms with Crippen LogP contribution in [0, 0.1) is 6.92 Å². The molecule has 0 aliphatic carbocycles. The summed E-state index contributed by atoms with van der Waals surface area (Å²) < 4.78 is 5.69. The van der Waals surface area contributed by atoms with Crippen LogP contribution in [0.15, 0.2) is 42.5 Å². The Kier molecular flexibility index (Phi) is 7.67. The van der Waals surface area contributed by atoms with Gasteiger partial charge in [0.2, 0.25) is 17.8 Å². The van der Waals surface area contributed by atoms with Crippen molar-refractivity contribution in [2.24, 2.45) is 0 Å². The van der Waals surface area contributed by atoms with E-state index in [2.05, 4.69) is 20.4 Å². The molecule has 2 aliphatic rings. The van der Waals surface area contributed by atoms with Gasteiger partial charge in [0.1, 0.15) is 5.75 Å². The van der Waals surface area contributed by atoms with Gasteiger partial charge in [-0.1, -0.05) is 18.2 Å². The molecule has 5 rings (SSSR count). The average Bonchev–Trinajstić information content (AvgIpc) is 2.95. The number of amides is 1. The molecule has 3 aromatic rings. The molecule has 0 bridgehead atoms. The number of carbonyl (C=O) groups excluding carboxylic acids is 1. The molecule has 3 heterocycles. The molecule has 9 heteroatoms. The molecule has 2 saturated heterocycles. The van der Waals surface area contributed by atoms with Gasteiger partial charge in [0, 0.05) is 43.5 Å². The number of aromatic nitrogens is 3. The first kappa shape index (κ1) is 24.8. The van der Waals surface area contributed by atoms with Crippen molar-refractivity contribution in [2.75, 3.05) is 53.7 Å². The van der Waals surface area contributed by atoms with Gasteiger partial charge in [0.25, 0.3) is 5.91 Å². The van der Waals surface area contributed by atoms with Crippen molar-refractivity contribution in [3.63, 3.8) is 0 Å². The summed E-state index contributed by atoms with van der Waals surface area (Å²) in [6, 6.07) is 12.9. The number of hydrogen-bond acceptors (Lipinski definition) is 8. The molecule has 0 unspecified atom stereocenters. The number of ether oxygens (including phenoxy) is 1. The molecule has 194 valence electrons. The minimum absolute atomic E-state index is 0.165. The number of rotatable bonds is 7. The zero-order chi connectivity index (χ0) is 25.6. The van der Waals surface area contributed by atoms with Gasteiger partial charge >= 0.3 is 0 Å². The first-order chi connectivity index (χ1) is 18.1. The molecule has 0 radical (unpaired) electrons. The van der Waals surface area contributed by atoms with Crippen LogP contribution >= 0.6 is 0 Å². The molecular weight excluding hydrogens is 466 g/mol. The van der Waals surface area contributed by atoms with Crippen LogP contribution in [0.1, 0.15) is 54.4 Å². The number of benzene rings is 2. The maximum Gasteiger partial charge on any atom is 0.255 e. The molecule has 37 heavy (non-hydrogen) atoms. The first-order valence-corrected chi connectivity index (χ1v) is 13.2. The second kappa shape index (κ2) is 11.5. The number of piperidine rings is 2. The van der Waals surface area contributed by atoms with Crippen LogP contribution in [0.3, 0.4) is 0 Å². The van der Waals surface area contributed by atoms with E-state index in [1.54, 1.807) is 19.2 Å². The van der Waals surface area contributed by atoms with Crippen LogP contribution in [0.25, 0.3) is 0 Å². The van der Waals surface area contributed by atoms with Crippen molar-refractivity contribution in [3.05, 3.63) is 53.6 Å². The van der Waals surface area contributed by atoms with Crippen LogP contribution in [0.2, 0.25) is 0 Å². The predicted octanol–water partition coefficient (Wildman–Crippen LogP) is 5.17. The zero-order valence-electron chi connectivity index (χ0n) is 21.7. The van der Waals surface area contributed by atoms with E-state index in [0.717, 1.165) is 75.0 Å². The summed E-state index contributed by atoms with van der Waals surface area (Å²) in [6.45, 7) is 5.79. The zero-order valence-corrected chi connectivity index (χ0v) is 21.7. The van der Waals surface area contributed by atoms with Crippen molar-refractivity contribution >= 4 is 35.1 Å². The first-order valence-electron chi connectivity index (χ1n) is 13.2. The van der Waals surface area contributed by atoms with Gasteiger partial charge in [0.05, 0.1) is 12.8 Å². The van der Waals surface area contributed by atoms with Gasteiger partial charge in [-0.25, -0.2) is 0 Å². The van der Waals surface area contributed by atoms with E-state index in [0.29, 0.717) is 22.9 Å². The van der Waals surface area contributed by atoms with Crippen LogP contribution in [0.4, 0.5) is 29.2 Å². The van der Waals surface area contributed by atoms with E-state index in [1.165, 1.54) is 12.8 Å². The Morgan fingerprint density at radius 1 is 0.811 bits per heavy atom. The lowest BCUT2D eigenvalue weighted by atomic mass is 10.1. The Morgan fingerprint density at radius 3 is 1.97 bits per heavy atom. The smallest absolute Gasteiger partial charge is 0.255 e. The quantitative estimate of drug-likeness (QED) is 0.458. The van der Waals surface area contributed by atoms with Crippen molar-refractivity contribution in [1.82, 2.24) is 15.0 Å². The van der Waals surface area contributed by atoms with Crippen molar-refractivity contribution in [1.29, 1.82) is 0 Å². The maximum absolute atomic E-state index is 12.7. The van der Waals surface area contributed by atoms with Gasteiger partial charge in [-0.15, -0.1) is 0 Å². The maximum atomic E-state index is 12.7. The summed E-state index contributed by atoms with van der Waals surface area (Å²) in [5.41, 5.74) is 2.92. The highest BCUT2D eigenvalue weighted by molar-refractivity contribution is 6.05. The molecule has 2 aliphatic heterocycles. The molecule has 0 spiro atoms. The third kappa shape index (κ3) is 5.93. The molecule has 0 saturated carbocycles. The Bertz CT molecular complexity index is 1190. The van der Waals surface area contributed by atoms with Gasteiger partial charge in [-0.05, 0) is 69.2 Å². The number of aryl methyl sites for hydroxylation is 1. The molecule has 1 amide bonds. The van der Waals surface area contributed by atoms with E-state index in [4.69, 9.17) is 19.7 Å². The van der Waals surface area contributed by atoms with Crippen molar-refractivity contribution < 1.29 is 9.53 Å². The van der Waals surface area contributed by atoms with Gasteiger partial charge < -0.3 is 25.2 Å². The standard InChI is InChI=1S/C28H35N7O2/c1-20-18-23(24(37-2)19-22(20)29-25(36)21-12-6-3-7-13-21)30-26-31-27(34-14-8-4-9-15-34)33-28(32-26)35-16-10-5-11-17-35/h3,6-7,12-13,18-19H,4-5,8-11,14-17H2,1-2H3,(H,29,36)(H,30,31,32,33). The Balaban J connectivity index is 1.43. The lowest BCUT2D eigenvalue weighted by molar-refractivity contribution is 0.102.